The van der Waals surface area contributed by atoms with E-state index in [0.29, 0.717) is 50.4 Å². The van der Waals surface area contributed by atoms with E-state index in [0.717, 1.165) is 38.2 Å². The molecule has 2 amide bonds. The number of aliphatic carboxylic acids is 1. The summed E-state index contributed by atoms with van der Waals surface area (Å²) in [6.07, 6.45) is 6.83. The summed E-state index contributed by atoms with van der Waals surface area (Å²) in [5.74, 6) is -2.65. The Morgan fingerprint density at radius 2 is 1.71 bits per heavy atom. The number of carbonyl (C=O) groups excluding carboxylic acids is 5. The van der Waals surface area contributed by atoms with Crippen LogP contribution in [0.2, 0.25) is 0 Å². The number of ether oxygens (including phenoxy) is 1. The average molecular weight is 768 g/mol. The number of nitrogens with one attached hydrogen (secondary N) is 2. The fraction of sp³-hybridized carbons (Fsp3) is 0.650. The number of aliphatic hydroxyl groups excluding tert-OH is 1. The van der Waals surface area contributed by atoms with Crippen LogP contribution in [0.25, 0.3) is 0 Å². The highest BCUT2D eigenvalue weighted by molar-refractivity contribution is 5.92. The topological polar surface area (TPSA) is 240 Å². The number of hydrogen-bond acceptors (Lipinski definition) is 11. The SMILES string of the molecule is C[C@]12CCC(=O)C=C1CC[C@@H]1[C@@H]2CC[C@@]2(C)[C@H]1CC[C@]2(O)C(=O)COC(=O)CCC(=O)NCCCCCC(=O)N[C@@H](C(=O)O)[C@H](O)c1cccc([N+](=O)[O-])c1. The van der Waals surface area contributed by atoms with Crippen LogP contribution in [-0.4, -0.2) is 80.4 Å². The molecular formula is C40H53N3O12. The molecule has 0 aromatic heterocycles. The fourth-order valence-corrected chi connectivity index (χ4v) is 10.0. The zero-order valence-electron chi connectivity index (χ0n) is 31.6. The van der Waals surface area contributed by atoms with Crippen LogP contribution in [0, 0.1) is 38.7 Å². The van der Waals surface area contributed by atoms with E-state index in [1.165, 1.54) is 23.8 Å². The van der Waals surface area contributed by atoms with Crippen LogP contribution in [0.1, 0.15) is 115 Å². The van der Waals surface area contributed by atoms with E-state index in [1.54, 1.807) is 0 Å². The summed E-state index contributed by atoms with van der Waals surface area (Å²) in [5, 5.41) is 47.8. The third-order valence-corrected chi connectivity index (χ3v) is 13.2. The van der Waals surface area contributed by atoms with Crippen LogP contribution >= 0.6 is 0 Å². The Morgan fingerprint density at radius 3 is 2.44 bits per heavy atom. The van der Waals surface area contributed by atoms with E-state index in [9.17, 15) is 54.2 Å². The number of carboxylic acids is 1. The van der Waals surface area contributed by atoms with Crippen LogP contribution in [-0.2, 0) is 33.5 Å². The molecule has 15 nitrogen and oxygen atoms in total. The van der Waals surface area contributed by atoms with E-state index in [-0.39, 0.29) is 54.2 Å². The molecule has 0 radical (unpaired) electrons. The van der Waals surface area contributed by atoms with Gasteiger partial charge in [0.2, 0.25) is 17.6 Å². The number of rotatable bonds is 17. The molecule has 5 rings (SSSR count). The number of Topliss-reactive ketones (excluding diaryl/α,β-unsaturated/α-hetero) is 1. The second-order valence-corrected chi connectivity index (χ2v) is 16.2. The third-order valence-electron chi connectivity index (χ3n) is 13.2. The van der Waals surface area contributed by atoms with Gasteiger partial charge in [-0.1, -0.05) is 38.0 Å². The lowest BCUT2D eigenvalue weighted by Crippen LogP contribution is -2.58. The number of non-ortho nitro benzene ring substituents is 1. The maximum Gasteiger partial charge on any atom is 0.329 e. The third kappa shape index (κ3) is 8.82. The van der Waals surface area contributed by atoms with Gasteiger partial charge in [0.1, 0.15) is 11.7 Å². The Kier molecular flexibility index (Phi) is 13.0. The second kappa shape index (κ2) is 17.1. The average Bonchev–Trinajstić information content (AvgIpc) is 3.44. The van der Waals surface area contributed by atoms with E-state index >= 15 is 0 Å². The first-order chi connectivity index (χ1) is 26.0. The van der Waals surface area contributed by atoms with Gasteiger partial charge >= 0.3 is 11.9 Å². The van der Waals surface area contributed by atoms with Crippen molar-refractivity contribution >= 4 is 41.0 Å². The minimum Gasteiger partial charge on any atom is -0.480 e. The van der Waals surface area contributed by atoms with Crippen LogP contribution < -0.4 is 10.6 Å². The molecule has 0 saturated heterocycles. The summed E-state index contributed by atoms with van der Waals surface area (Å²) >= 11 is 0. The monoisotopic (exact) mass is 767 g/mol. The Hall–Kier alpha value is -4.50. The van der Waals surface area contributed by atoms with Gasteiger partial charge in [0.25, 0.3) is 5.69 Å². The van der Waals surface area contributed by atoms with Crippen molar-refractivity contribution in [2.75, 3.05) is 13.2 Å². The quantitative estimate of drug-likeness (QED) is 0.0654. The zero-order valence-corrected chi connectivity index (χ0v) is 31.6. The molecular weight excluding hydrogens is 714 g/mol. The maximum atomic E-state index is 13.5. The van der Waals surface area contributed by atoms with Gasteiger partial charge in [-0.15, -0.1) is 0 Å². The molecule has 0 bridgehead atoms. The summed E-state index contributed by atoms with van der Waals surface area (Å²) in [5.41, 5.74) is -1.37. The van der Waals surface area contributed by atoms with Gasteiger partial charge in [-0.25, -0.2) is 4.79 Å². The largest absolute Gasteiger partial charge is 0.480 e. The highest BCUT2D eigenvalue weighted by Crippen LogP contribution is 2.67. The van der Waals surface area contributed by atoms with Crippen molar-refractivity contribution in [1.29, 1.82) is 0 Å². The van der Waals surface area contributed by atoms with Gasteiger partial charge < -0.3 is 30.7 Å². The predicted molar refractivity (Wildman–Crippen MR) is 196 cm³/mol. The van der Waals surface area contributed by atoms with E-state index < -0.39 is 64.2 Å². The second-order valence-electron chi connectivity index (χ2n) is 16.2. The summed E-state index contributed by atoms with van der Waals surface area (Å²) < 4.78 is 5.25. The summed E-state index contributed by atoms with van der Waals surface area (Å²) in [6, 6.07) is 3.14. The minimum atomic E-state index is -1.72. The van der Waals surface area contributed by atoms with Gasteiger partial charge in [0.05, 0.1) is 11.3 Å². The number of amides is 2. The molecule has 8 atom stereocenters. The van der Waals surface area contributed by atoms with Crippen LogP contribution in [0.4, 0.5) is 5.69 Å². The van der Waals surface area contributed by atoms with Gasteiger partial charge in [-0.2, -0.15) is 0 Å². The van der Waals surface area contributed by atoms with Gasteiger partial charge in [-0.05, 0) is 92.6 Å². The Morgan fingerprint density at radius 1 is 0.964 bits per heavy atom. The van der Waals surface area contributed by atoms with Crippen molar-refractivity contribution < 1.29 is 53.7 Å². The van der Waals surface area contributed by atoms with Crippen molar-refractivity contribution in [2.45, 2.75) is 121 Å². The molecule has 0 unspecified atom stereocenters. The molecule has 300 valence electrons. The molecule has 0 spiro atoms. The minimum absolute atomic E-state index is 0.0223. The number of ketones is 2. The summed E-state index contributed by atoms with van der Waals surface area (Å²) in [4.78, 5) is 84.9. The molecule has 55 heavy (non-hydrogen) atoms. The molecule has 1 aromatic carbocycles. The van der Waals surface area contributed by atoms with Crippen molar-refractivity contribution in [3.05, 3.63) is 51.6 Å². The number of carbonyl (C=O) groups is 6. The molecule has 4 aliphatic carbocycles. The lowest BCUT2D eigenvalue weighted by molar-refractivity contribution is -0.385. The zero-order chi connectivity index (χ0) is 40.1. The molecule has 15 heteroatoms. The number of aliphatic hydroxyl groups is 2. The van der Waals surface area contributed by atoms with Crippen molar-refractivity contribution in [2.24, 2.45) is 28.6 Å². The van der Waals surface area contributed by atoms with E-state index in [4.69, 9.17) is 4.74 Å². The molecule has 5 N–H and O–H groups in total. The number of nitro benzene ring substituents is 1. The van der Waals surface area contributed by atoms with E-state index in [1.807, 2.05) is 13.0 Å². The van der Waals surface area contributed by atoms with Crippen LogP contribution in [0.3, 0.4) is 0 Å². The van der Waals surface area contributed by atoms with Crippen LogP contribution in [0.15, 0.2) is 35.9 Å². The molecule has 3 saturated carbocycles. The van der Waals surface area contributed by atoms with Crippen LogP contribution in [0.5, 0.6) is 0 Å². The van der Waals surface area contributed by atoms with E-state index in [2.05, 4.69) is 17.6 Å². The van der Waals surface area contributed by atoms with Gasteiger partial charge in [-0.3, -0.25) is 34.1 Å². The van der Waals surface area contributed by atoms with Crippen molar-refractivity contribution in [3.63, 3.8) is 0 Å². The number of hydrogen-bond donors (Lipinski definition) is 5. The number of allylic oxidation sites excluding steroid dienone is 1. The molecule has 1 aromatic rings. The normalized spacial score (nSPS) is 29.3. The van der Waals surface area contributed by atoms with Crippen molar-refractivity contribution in [3.8, 4) is 0 Å². The first-order valence-electron chi connectivity index (χ1n) is 19.4. The summed E-state index contributed by atoms with van der Waals surface area (Å²) in [6.45, 7) is 3.99. The Balaban J connectivity index is 0.974. The molecule has 0 heterocycles. The number of nitrogens with zero attached hydrogens (tertiary/aromatic N) is 1. The predicted octanol–water partition coefficient (Wildman–Crippen LogP) is 4.03. The smallest absolute Gasteiger partial charge is 0.329 e. The maximum absolute atomic E-state index is 13.5. The highest BCUT2D eigenvalue weighted by Gasteiger charge is 2.66. The highest BCUT2D eigenvalue weighted by atomic mass is 16.6. The first-order valence-corrected chi connectivity index (χ1v) is 19.4. The number of unbranched alkanes of at least 4 members (excludes halogenated alkanes) is 2. The Bertz CT molecular complexity index is 1730. The van der Waals surface area contributed by atoms with Gasteiger partial charge in [0, 0.05) is 43.4 Å². The fourth-order valence-electron chi connectivity index (χ4n) is 10.0. The lowest BCUT2D eigenvalue weighted by Gasteiger charge is -2.58. The number of benzene rings is 1. The first kappa shape index (κ1) is 41.7. The van der Waals surface area contributed by atoms with Gasteiger partial charge in [0.15, 0.2) is 18.4 Å². The standard InChI is InChI=1S/C40H53N3O12/c1-38-17-14-27(44)22-25(38)10-11-28-29(38)15-18-39(2)30(28)16-19-40(39,52)31(45)23-55-34(48)13-12-32(46)41-20-5-3-4-9-33(47)42-35(37(50)51)36(49)24-7-6-8-26(21-24)43(53)54/h6-8,21-22,28-30,35-36,49,52H,3-5,9-20,23H2,1-2H3,(H,41,46)(H,42,47)(H,50,51)/t28-,29+,30+,35-,36-,38+,39+,40+/m1/s1. The molecule has 0 aliphatic heterocycles. The molecule has 3 fully saturated rings. The number of fused-ring (bicyclic) bond motifs is 5. The number of esters is 1. The number of nitro groups is 1. The Labute approximate surface area is 319 Å². The summed E-state index contributed by atoms with van der Waals surface area (Å²) in [7, 11) is 0. The lowest BCUT2D eigenvalue weighted by atomic mass is 9.46. The number of carboxylic acid groups (broad SMARTS) is 1. The van der Waals surface area contributed by atoms with Crippen molar-refractivity contribution in [1.82, 2.24) is 10.6 Å². The molecule has 4 aliphatic rings.